The maximum Gasteiger partial charge on any atom is 0.228 e. The van der Waals surface area contributed by atoms with E-state index < -0.39 is 0 Å². The Kier molecular flexibility index (Phi) is 5.40. The fraction of sp³-hybridized carbons (Fsp3) is 0.583. The van der Waals surface area contributed by atoms with Crippen molar-refractivity contribution in [1.82, 2.24) is 20.4 Å². The Morgan fingerprint density at radius 3 is 3.00 bits per heavy atom. The number of rotatable bonds is 5. The lowest BCUT2D eigenvalue weighted by Gasteiger charge is -2.27. The Bertz CT molecular complexity index is 874. The monoisotopic (exact) mass is 392 g/mol. The van der Waals surface area contributed by atoms with Crippen LogP contribution in [0, 0.1) is 5.92 Å². The number of nitrogens with one attached hydrogen (secondary N) is 2. The van der Waals surface area contributed by atoms with Gasteiger partial charge in [-0.25, -0.2) is 0 Å². The molecule has 5 rings (SSSR count). The van der Waals surface area contributed by atoms with Gasteiger partial charge in [0.05, 0.1) is 12.1 Å². The van der Waals surface area contributed by atoms with Crippen LogP contribution in [-0.4, -0.2) is 40.6 Å². The molecule has 2 unspecified atom stereocenters. The summed E-state index contributed by atoms with van der Waals surface area (Å²) in [5, 5.41) is 11.4. The van der Waals surface area contributed by atoms with E-state index in [0.717, 1.165) is 44.6 Å². The first-order chi connectivity index (χ1) is 14.3. The van der Waals surface area contributed by atoms with E-state index in [1.165, 1.54) is 54.5 Å². The number of carbonyl (C=O) groups excluding carboxylic acids is 1. The van der Waals surface area contributed by atoms with Crippen LogP contribution in [0.3, 0.4) is 0 Å². The molecule has 29 heavy (non-hydrogen) atoms. The van der Waals surface area contributed by atoms with Gasteiger partial charge >= 0.3 is 0 Å². The molecule has 0 spiro atoms. The number of nitrogens with zero attached hydrogens (tertiary/aromatic N) is 2. The molecule has 154 valence electrons. The van der Waals surface area contributed by atoms with Crippen molar-refractivity contribution in [2.75, 3.05) is 19.6 Å². The highest BCUT2D eigenvalue weighted by Crippen LogP contribution is 2.30. The third kappa shape index (κ3) is 3.97. The van der Waals surface area contributed by atoms with Crippen LogP contribution in [0.5, 0.6) is 0 Å². The lowest BCUT2D eigenvalue weighted by atomic mass is 9.87. The minimum atomic E-state index is 0.246. The van der Waals surface area contributed by atoms with Crippen LogP contribution in [0.2, 0.25) is 0 Å². The average Bonchev–Trinajstić information content (AvgIpc) is 3.40. The van der Waals surface area contributed by atoms with Crippen LogP contribution in [0.25, 0.3) is 0 Å². The van der Waals surface area contributed by atoms with Gasteiger partial charge in [0.2, 0.25) is 5.91 Å². The molecule has 2 aliphatic carbocycles. The molecule has 1 saturated heterocycles. The second kappa shape index (κ2) is 8.31. The van der Waals surface area contributed by atoms with Crippen molar-refractivity contribution in [3.8, 4) is 0 Å². The molecule has 1 aromatic carbocycles. The number of fused-ring (bicyclic) bond motifs is 2. The van der Waals surface area contributed by atoms with Gasteiger partial charge in [-0.2, -0.15) is 5.10 Å². The van der Waals surface area contributed by atoms with E-state index in [9.17, 15) is 4.79 Å². The maximum absolute atomic E-state index is 12.9. The molecule has 1 fully saturated rings. The van der Waals surface area contributed by atoms with Crippen molar-refractivity contribution >= 4 is 5.91 Å². The van der Waals surface area contributed by atoms with Crippen LogP contribution >= 0.6 is 0 Å². The van der Waals surface area contributed by atoms with Crippen molar-refractivity contribution in [3.05, 3.63) is 52.3 Å². The summed E-state index contributed by atoms with van der Waals surface area (Å²) in [6.07, 6.45) is 9.85. The minimum Gasteiger partial charge on any atom is -0.342 e. The number of aromatic nitrogens is 2. The topological polar surface area (TPSA) is 61.0 Å². The van der Waals surface area contributed by atoms with Crippen LogP contribution in [0.15, 0.2) is 24.3 Å². The van der Waals surface area contributed by atoms with E-state index in [4.69, 9.17) is 0 Å². The first-order valence-electron chi connectivity index (χ1n) is 11.4. The molecule has 2 atom stereocenters. The predicted molar refractivity (Wildman–Crippen MR) is 114 cm³/mol. The summed E-state index contributed by atoms with van der Waals surface area (Å²) in [7, 11) is 0. The maximum atomic E-state index is 12.9. The number of amides is 1. The summed E-state index contributed by atoms with van der Waals surface area (Å²) in [5.74, 6) is 0.802. The molecular weight excluding hydrogens is 360 g/mol. The molecule has 0 bridgehead atoms. The van der Waals surface area contributed by atoms with Crippen molar-refractivity contribution in [2.24, 2.45) is 5.92 Å². The van der Waals surface area contributed by atoms with Gasteiger partial charge in [0.25, 0.3) is 0 Å². The van der Waals surface area contributed by atoms with Gasteiger partial charge in [0.1, 0.15) is 0 Å². The van der Waals surface area contributed by atoms with Crippen LogP contribution in [-0.2, 0) is 30.5 Å². The van der Waals surface area contributed by atoms with Crippen molar-refractivity contribution in [2.45, 2.75) is 63.8 Å². The summed E-state index contributed by atoms with van der Waals surface area (Å²) in [5.41, 5.74) is 6.55. The number of hydrogen-bond acceptors (Lipinski definition) is 3. The molecule has 2 N–H and O–H groups in total. The van der Waals surface area contributed by atoms with Crippen molar-refractivity contribution < 1.29 is 4.79 Å². The first-order valence-corrected chi connectivity index (χ1v) is 11.4. The third-order valence-electron chi connectivity index (χ3n) is 7.12. The Hall–Kier alpha value is -2.14. The van der Waals surface area contributed by atoms with Crippen molar-refractivity contribution in [1.29, 1.82) is 0 Å². The number of hydrogen-bond donors (Lipinski definition) is 2. The van der Waals surface area contributed by atoms with Gasteiger partial charge < -0.3 is 10.2 Å². The largest absolute Gasteiger partial charge is 0.342 e. The molecule has 5 heteroatoms. The second-order valence-corrected chi connectivity index (χ2v) is 9.06. The van der Waals surface area contributed by atoms with E-state index in [0.29, 0.717) is 18.4 Å². The Morgan fingerprint density at radius 1 is 1.14 bits per heavy atom. The van der Waals surface area contributed by atoms with Gasteiger partial charge in [-0.05, 0) is 74.0 Å². The first kappa shape index (κ1) is 18.9. The van der Waals surface area contributed by atoms with Gasteiger partial charge in [-0.1, -0.05) is 24.3 Å². The lowest BCUT2D eigenvalue weighted by Crippen LogP contribution is -2.34. The second-order valence-electron chi connectivity index (χ2n) is 9.06. The molecule has 0 saturated carbocycles. The van der Waals surface area contributed by atoms with E-state index in [-0.39, 0.29) is 5.91 Å². The number of aryl methyl sites for hydroxylation is 2. The molecule has 1 amide bonds. The summed E-state index contributed by atoms with van der Waals surface area (Å²) in [6.45, 7) is 2.77. The molecule has 3 aliphatic rings. The third-order valence-corrected chi connectivity index (χ3v) is 7.12. The zero-order chi connectivity index (χ0) is 19.6. The fourth-order valence-corrected chi connectivity index (χ4v) is 5.45. The highest BCUT2D eigenvalue weighted by molar-refractivity contribution is 5.79. The Labute approximate surface area is 173 Å². The molecule has 1 aromatic heterocycles. The molecule has 2 aromatic rings. The standard InChI is InChI=1S/C24H32N4O/c29-24(14-23-20-9-3-4-10-22(20)26-27-23)28-13-12-17(16-28)15-25-21-11-5-7-18-6-1-2-8-19(18)21/h1-2,6,8,17,21,25H,3-5,7,9-16H2,(H,26,27). The Balaban J connectivity index is 1.14. The normalized spacial score (nSPS) is 23.7. The summed E-state index contributed by atoms with van der Waals surface area (Å²) < 4.78 is 0. The summed E-state index contributed by atoms with van der Waals surface area (Å²) in [6, 6.07) is 9.33. The molecule has 1 aliphatic heterocycles. The van der Waals surface area contributed by atoms with Gasteiger partial charge in [-0.3, -0.25) is 9.89 Å². The zero-order valence-corrected chi connectivity index (χ0v) is 17.3. The quantitative estimate of drug-likeness (QED) is 0.820. The highest BCUT2D eigenvalue weighted by Gasteiger charge is 2.29. The SMILES string of the molecule is O=C(Cc1n[nH]c2c1CCCC2)N1CCC(CNC2CCCc3ccccc32)C1. The Morgan fingerprint density at radius 2 is 2.03 bits per heavy atom. The van der Waals surface area contributed by atoms with Gasteiger partial charge in [-0.15, -0.1) is 0 Å². The number of benzene rings is 1. The van der Waals surface area contributed by atoms with Crippen LogP contribution in [0.1, 0.15) is 66.2 Å². The van der Waals surface area contributed by atoms with Gasteiger partial charge in [0, 0.05) is 31.4 Å². The predicted octanol–water partition coefficient (Wildman–Crippen LogP) is 3.35. The molecular formula is C24H32N4O. The smallest absolute Gasteiger partial charge is 0.228 e. The number of likely N-dealkylation sites (tertiary alicyclic amines) is 1. The molecule has 0 radical (unpaired) electrons. The lowest BCUT2D eigenvalue weighted by molar-refractivity contribution is -0.129. The average molecular weight is 393 g/mol. The summed E-state index contributed by atoms with van der Waals surface area (Å²) >= 11 is 0. The minimum absolute atomic E-state index is 0.246. The van der Waals surface area contributed by atoms with E-state index in [1.807, 2.05) is 0 Å². The number of aromatic amines is 1. The van der Waals surface area contributed by atoms with E-state index in [1.54, 1.807) is 0 Å². The highest BCUT2D eigenvalue weighted by atomic mass is 16.2. The van der Waals surface area contributed by atoms with E-state index in [2.05, 4.69) is 44.7 Å². The van der Waals surface area contributed by atoms with Gasteiger partial charge in [0.15, 0.2) is 0 Å². The molecule has 5 nitrogen and oxygen atoms in total. The van der Waals surface area contributed by atoms with Crippen LogP contribution < -0.4 is 5.32 Å². The number of H-pyrrole nitrogens is 1. The zero-order valence-electron chi connectivity index (χ0n) is 17.3. The molecule has 2 heterocycles. The van der Waals surface area contributed by atoms with Crippen molar-refractivity contribution in [3.63, 3.8) is 0 Å². The van der Waals surface area contributed by atoms with Crippen LogP contribution in [0.4, 0.5) is 0 Å². The van der Waals surface area contributed by atoms with E-state index >= 15 is 0 Å². The fourth-order valence-electron chi connectivity index (χ4n) is 5.45. The number of carbonyl (C=O) groups is 1. The summed E-state index contributed by atoms with van der Waals surface area (Å²) in [4.78, 5) is 14.9.